The van der Waals surface area contributed by atoms with Crippen molar-refractivity contribution in [2.75, 3.05) is 6.54 Å². The van der Waals surface area contributed by atoms with Gasteiger partial charge in [0.1, 0.15) is 0 Å². The van der Waals surface area contributed by atoms with Gasteiger partial charge in [0.25, 0.3) is 5.69 Å². The fourth-order valence-corrected chi connectivity index (χ4v) is 2.40. The van der Waals surface area contributed by atoms with E-state index >= 15 is 0 Å². The average molecular weight is 284 g/mol. The number of non-ortho nitro benzene ring substituents is 1. The molecule has 0 amide bonds. The van der Waals surface area contributed by atoms with Crippen LogP contribution < -0.4 is 5.32 Å². The first kappa shape index (κ1) is 15.2. The molecule has 0 radical (unpaired) electrons. The summed E-state index contributed by atoms with van der Waals surface area (Å²) in [5.41, 5.74) is 3.20. The van der Waals surface area contributed by atoms with Crippen LogP contribution in [0.5, 0.6) is 0 Å². The SMILES string of the molecule is CCCNC(C)c1ccccc1-c1cccc([N+](=O)[O-])c1. The van der Waals surface area contributed by atoms with Crippen molar-refractivity contribution in [1.82, 2.24) is 5.32 Å². The highest BCUT2D eigenvalue weighted by Crippen LogP contribution is 2.30. The number of benzene rings is 2. The highest BCUT2D eigenvalue weighted by Gasteiger charge is 2.13. The molecule has 0 aliphatic rings. The molecule has 1 N–H and O–H groups in total. The second kappa shape index (κ2) is 6.99. The topological polar surface area (TPSA) is 55.2 Å². The molecular weight excluding hydrogens is 264 g/mol. The number of rotatable bonds is 6. The maximum Gasteiger partial charge on any atom is 0.270 e. The van der Waals surface area contributed by atoms with Crippen LogP contribution in [0.4, 0.5) is 5.69 Å². The summed E-state index contributed by atoms with van der Waals surface area (Å²) in [6.45, 7) is 5.20. The van der Waals surface area contributed by atoms with Crippen LogP contribution in [-0.4, -0.2) is 11.5 Å². The van der Waals surface area contributed by atoms with Gasteiger partial charge in [-0.15, -0.1) is 0 Å². The van der Waals surface area contributed by atoms with Crippen LogP contribution in [0.3, 0.4) is 0 Å². The first-order valence-corrected chi connectivity index (χ1v) is 7.20. The van der Waals surface area contributed by atoms with Gasteiger partial charge in [-0.25, -0.2) is 0 Å². The van der Waals surface area contributed by atoms with Crippen LogP contribution in [-0.2, 0) is 0 Å². The first-order valence-electron chi connectivity index (χ1n) is 7.20. The number of nitro groups is 1. The van der Waals surface area contributed by atoms with Crippen molar-refractivity contribution in [1.29, 1.82) is 0 Å². The van der Waals surface area contributed by atoms with Crippen molar-refractivity contribution < 1.29 is 4.92 Å². The van der Waals surface area contributed by atoms with Gasteiger partial charge < -0.3 is 5.32 Å². The Morgan fingerprint density at radius 2 is 1.95 bits per heavy atom. The van der Waals surface area contributed by atoms with E-state index in [9.17, 15) is 10.1 Å². The molecule has 1 unspecified atom stereocenters. The van der Waals surface area contributed by atoms with E-state index in [1.54, 1.807) is 12.1 Å². The Hall–Kier alpha value is -2.20. The lowest BCUT2D eigenvalue weighted by Gasteiger charge is -2.18. The third kappa shape index (κ3) is 3.67. The Morgan fingerprint density at radius 3 is 2.67 bits per heavy atom. The van der Waals surface area contributed by atoms with E-state index in [-0.39, 0.29) is 16.7 Å². The van der Waals surface area contributed by atoms with Crippen LogP contribution in [0.1, 0.15) is 31.9 Å². The summed E-state index contributed by atoms with van der Waals surface area (Å²) in [6, 6.07) is 15.0. The molecule has 0 aromatic heterocycles. The molecule has 0 spiro atoms. The number of hydrogen-bond donors (Lipinski definition) is 1. The van der Waals surface area contributed by atoms with Gasteiger partial charge in [-0.2, -0.15) is 0 Å². The molecule has 2 aromatic rings. The molecule has 0 aliphatic carbocycles. The molecule has 2 aromatic carbocycles. The van der Waals surface area contributed by atoms with Crippen molar-refractivity contribution in [3.8, 4) is 11.1 Å². The van der Waals surface area contributed by atoms with Crippen molar-refractivity contribution >= 4 is 5.69 Å². The molecule has 0 heterocycles. The van der Waals surface area contributed by atoms with Crippen LogP contribution in [0.15, 0.2) is 48.5 Å². The number of nitrogens with one attached hydrogen (secondary N) is 1. The first-order chi connectivity index (χ1) is 10.1. The summed E-state index contributed by atoms with van der Waals surface area (Å²) in [5.74, 6) is 0. The lowest BCUT2D eigenvalue weighted by atomic mass is 9.95. The Kier molecular flexibility index (Phi) is 5.06. The van der Waals surface area contributed by atoms with Crippen LogP contribution in [0.2, 0.25) is 0 Å². The summed E-state index contributed by atoms with van der Waals surface area (Å²) < 4.78 is 0. The quantitative estimate of drug-likeness (QED) is 0.634. The van der Waals surface area contributed by atoms with Gasteiger partial charge in [0, 0.05) is 18.2 Å². The zero-order valence-corrected chi connectivity index (χ0v) is 12.4. The van der Waals surface area contributed by atoms with Crippen molar-refractivity contribution in [2.45, 2.75) is 26.3 Å². The molecule has 1 atom stereocenters. The second-order valence-electron chi connectivity index (χ2n) is 5.07. The summed E-state index contributed by atoms with van der Waals surface area (Å²) in [4.78, 5) is 10.6. The molecule has 0 saturated heterocycles. The fraction of sp³-hybridized carbons (Fsp3) is 0.294. The van der Waals surface area contributed by atoms with Gasteiger partial charge in [0.05, 0.1) is 4.92 Å². The summed E-state index contributed by atoms with van der Waals surface area (Å²) in [5, 5.41) is 14.4. The Balaban J connectivity index is 2.40. The van der Waals surface area contributed by atoms with Gasteiger partial charge in [-0.05, 0) is 36.6 Å². The van der Waals surface area contributed by atoms with Gasteiger partial charge in [0.2, 0.25) is 0 Å². The monoisotopic (exact) mass is 284 g/mol. The Bertz CT molecular complexity index is 626. The van der Waals surface area contributed by atoms with Gasteiger partial charge in [-0.3, -0.25) is 10.1 Å². The molecule has 0 saturated carbocycles. The molecule has 4 heteroatoms. The maximum atomic E-state index is 10.9. The Labute approximate surface area is 125 Å². The van der Waals surface area contributed by atoms with Crippen LogP contribution >= 0.6 is 0 Å². The van der Waals surface area contributed by atoms with Gasteiger partial charge in [0.15, 0.2) is 0 Å². The Morgan fingerprint density at radius 1 is 1.19 bits per heavy atom. The lowest BCUT2D eigenvalue weighted by Crippen LogP contribution is -2.19. The molecule has 110 valence electrons. The molecule has 4 nitrogen and oxygen atoms in total. The normalized spacial score (nSPS) is 12.1. The van der Waals surface area contributed by atoms with Crippen molar-refractivity contribution in [3.63, 3.8) is 0 Å². The molecule has 0 bridgehead atoms. The number of nitrogens with zero attached hydrogens (tertiary/aromatic N) is 1. The average Bonchev–Trinajstić information content (AvgIpc) is 2.52. The smallest absolute Gasteiger partial charge is 0.270 e. The maximum absolute atomic E-state index is 10.9. The van der Waals surface area contributed by atoms with E-state index in [2.05, 4.69) is 25.2 Å². The number of nitro benzene ring substituents is 1. The minimum absolute atomic E-state index is 0.122. The van der Waals surface area contributed by atoms with Crippen molar-refractivity contribution in [3.05, 3.63) is 64.2 Å². The minimum atomic E-state index is -0.356. The van der Waals surface area contributed by atoms with Gasteiger partial charge in [-0.1, -0.05) is 43.3 Å². The minimum Gasteiger partial charge on any atom is -0.310 e. The zero-order chi connectivity index (χ0) is 15.2. The predicted octanol–water partition coefficient (Wildman–Crippen LogP) is 4.32. The standard InChI is InChI=1S/C17H20N2O2/c1-3-11-18-13(2)16-9-4-5-10-17(16)14-7-6-8-15(12-14)19(20)21/h4-10,12-13,18H,3,11H2,1-2H3. The van der Waals surface area contributed by atoms with Crippen LogP contribution in [0.25, 0.3) is 11.1 Å². The number of hydrogen-bond acceptors (Lipinski definition) is 3. The molecule has 2 rings (SSSR count). The second-order valence-corrected chi connectivity index (χ2v) is 5.07. The van der Waals surface area contributed by atoms with E-state index < -0.39 is 0 Å². The highest BCUT2D eigenvalue weighted by molar-refractivity contribution is 5.70. The summed E-state index contributed by atoms with van der Waals surface area (Å²) in [6.07, 6.45) is 1.07. The van der Waals surface area contributed by atoms with E-state index in [4.69, 9.17) is 0 Å². The van der Waals surface area contributed by atoms with E-state index in [1.165, 1.54) is 6.07 Å². The third-order valence-corrected chi connectivity index (χ3v) is 3.50. The molecule has 0 aliphatic heterocycles. The highest BCUT2D eigenvalue weighted by atomic mass is 16.6. The van der Waals surface area contributed by atoms with E-state index in [0.29, 0.717) is 0 Å². The molecular formula is C17H20N2O2. The van der Waals surface area contributed by atoms with E-state index in [1.807, 2.05) is 24.3 Å². The summed E-state index contributed by atoms with van der Waals surface area (Å²) >= 11 is 0. The largest absolute Gasteiger partial charge is 0.310 e. The fourth-order valence-electron chi connectivity index (χ4n) is 2.40. The zero-order valence-electron chi connectivity index (χ0n) is 12.4. The molecule has 0 fully saturated rings. The van der Waals surface area contributed by atoms with E-state index in [0.717, 1.165) is 29.7 Å². The summed E-state index contributed by atoms with van der Waals surface area (Å²) in [7, 11) is 0. The molecule has 21 heavy (non-hydrogen) atoms. The van der Waals surface area contributed by atoms with Crippen molar-refractivity contribution in [2.24, 2.45) is 0 Å². The lowest BCUT2D eigenvalue weighted by molar-refractivity contribution is -0.384. The third-order valence-electron chi connectivity index (χ3n) is 3.50. The predicted molar refractivity (Wildman–Crippen MR) is 85.2 cm³/mol. The van der Waals surface area contributed by atoms with Crippen LogP contribution in [0, 0.1) is 10.1 Å². The van der Waals surface area contributed by atoms with Gasteiger partial charge >= 0.3 is 0 Å².